The Morgan fingerprint density at radius 2 is 1.90 bits per heavy atom. The maximum Gasteiger partial charge on any atom is 0.267 e. The molecule has 0 spiro atoms. The van der Waals surface area contributed by atoms with E-state index < -0.39 is 5.91 Å². The van der Waals surface area contributed by atoms with Crippen molar-refractivity contribution in [3.8, 4) is 17.5 Å². The highest BCUT2D eigenvalue weighted by molar-refractivity contribution is 5.84. The highest BCUT2D eigenvalue weighted by Crippen LogP contribution is 2.16. The highest BCUT2D eigenvalue weighted by atomic mass is 16.1. The van der Waals surface area contributed by atoms with Crippen molar-refractivity contribution in [3.63, 3.8) is 0 Å². The quantitative estimate of drug-likeness (QED) is 0.533. The van der Waals surface area contributed by atoms with E-state index in [-0.39, 0.29) is 12.1 Å². The lowest BCUT2D eigenvalue weighted by molar-refractivity contribution is -0.118. The number of carbonyl (C=O) groups is 1. The molecule has 4 aromatic rings. The van der Waals surface area contributed by atoms with Gasteiger partial charge in [0.1, 0.15) is 12.4 Å². The molecule has 0 aliphatic heterocycles. The van der Waals surface area contributed by atoms with Crippen molar-refractivity contribution in [2.24, 2.45) is 5.73 Å². The minimum absolute atomic E-state index is 0.0125. The molecule has 7 nitrogen and oxygen atoms in total. The molecule has 2 heterocycles. The van der Waals surface area contributed by atoms with Gasteiger partial charge in [-0.15, -0.1) is 0 Å². The average Bonchev–Trinajstić information content (AvgIpc) is 3.19. The average molecular weight is 397 g/mol. The first-order valence-electron chi connectivity index (χ1n) is 9.49. The Kier molecular flexibility index (Phi) is 5.14. The number of primary amides is 1. The molecule has 148 valence electrons. The Morgan fingerprint density at radius 3 is 2.63 bits per heavy atom. The number of hydrogen-bond acceptors (Lipinski definition) is 4. The number of amides is 1. The number of hydrogen-bond donors (Lipinski definition) is 1. The first kappa shape index (κ1) is 19.2. The molecule has 0 atom stereocenters. The number of aryl methyl sites for hydroxylation is 1. The van der Waals surface area contributed by atoms with Gasteiger partial charge in [0, 0.05) is 18.2 Å². The molecule has 0 aliphatic carbocycles. The van der Waals surface area contributed by atoms with E-state index in [9.17, 15) is 9.59 Å². The van der Waals surface area contributed by atoms with E-state index >= 15 is 0 Å². The lowest BCUT2D eigenvalue weighted by atomic mass is 10.1. The van der Waals surface area contributed by atoms with Crippen LogP contribution < -0.4 is 11.3 Å². The Balaban J connectivity index is 1.86. The third-order valence-corrected chi connectivity index (χ3v) is 4.59. The van der Waals surface area contributed by atoms with E-state index in [1.807, 2.05) is 49.4 Å². The standard InChI is InChI=1S/C23H19N5O2/c1-2-21-26-19-10-6-7-17(12-11-16-13-25-27(14-16)15-20(24)29)22(19)23(30)28(21)18-8-4-3-5-9-18/h3-10,13-14H,2,15H2,1H3,(H2,24,29). The summed E-state index contributed by atoms with van der Waals surface area (Å²) in [5.74, 6) is 6.27. The van der Waals surface area contributed by atoms with E-state index in [1.54, 1.807) is 23.0 Å². The molecule has 0 bridgehead atoms. The molecule has 7 heteroatoms. The summed E-state index contributed by atoms with van der Waals surface area (Å²) in [7, 11) is 0. The fourth-order valence-electron chi connectivity index (χ4n) is 3.27. The van der Waals surface area contributed by atoms with Crippen molar-refractivity contribution < 1.29 is 4.79 Å². The molecule has 4 rings (SSSR count). The molecule has 0 aliphatic rings. The molecule has 30 heavy (non-hydrogen) atoms. The number of nitrogens with zero attached hydrogens (tertiary/aromatic N) is 4. The second kappa shape index (κ2) is 8.05. The van der Waals surface area contributed by atoms with E-state index in [4.69, 9.17) is 10.7 Å². The third kappa shape index (κ3) is 3.71. The maximum absolute atomic E-state index is 13.5. The Bertz CT molecular complexity index is 1360. The first-order chi connectivity index (χ1) is 14.6. The van der Waals surface area contributed by atoms with Gasteiger partial charge in [0.15, 0.2) is 0 Å². The number of fused-ring (bicyclic) bond motifs is 1. The zero-order valence-electron chi connectivity index (χ0n) is 16.4. The lowest BCUT2D eigenvalue weighted by Gasteiger charge is -2.13. The Morgan fingerprint density at radius 1 is 1.10 bits per heavy atom. The summed E-state index contributed by atoms with van der Waals surface area (Å²) < 4.78 is 3.06. The van der Waals surface area contributed by atoms with E-state index in [0.29, 0.717) is 34.3 Å². The molecule has 1 amide bonds. The van der Waals surface area contributed by atoms with Crippen LogP contribution in [-0.2, 0) is 17.8 Å². The van der Waals surface area contributed by atoms with Gasteiger partial charge in [0.2, 0.25) is 5.91 Å². The minimum Gasteiger partial charge on any atom is -0.368 e. The summed E-state index contributed by atoms with van der Waals surface area (Å²) in [5, 5.41) is 4.53. The molecule has 0 unspecified atom stereocenters. The summed E-state index contributed by atoms with van der Waals surface area (Å²) in [6.07, 6.45) is 3.81. The first-order valence-corrected chi connectivity index (χ1v) is 9.49. The number of para-hydroxylation sites is 1. The van der Waals surface area contributed by atoms with Crippen LogP contribution in [0.15, 0.2) is 65.7 Å². The Labute approximate surface area is 172 Å². The van der Waals surface area contributed by atoms with Crippen LogP contribution in [-0.4, -0.2) is 25.2 Å². The zero-order chi connectivity index (χ0) is 21.1. The van der Waals surface area contributed by atoms with Gasteiger partial charge in [-0.25, -0.2) is 4.98 Å². The van der Waals surface area contributed by atoms with Crippen LogP contribution in [0.25, 0.3) is 16.6 Å². The molecule has 2 N–H and O–H groups in total. The summed E-state index contributed by atoms with van der Waals surface area (Å²) in [4.78, 5) is 29.2. The predicted molar refractivity (Wildman–Crippen MR) is 114 cm³/mol. The summed E-state index contributed by atoms with van der Waals surface area (Å²) in [6.45, 7) is 1.96. The largest absolute Gasteiger partial charge is 0.368 e. The summed E-state index contributed by atoms with van der Waals surface area (Å²) in [6, 6.07) is 14.9. The smallest absolute Gasteiger partial charge is 0.267 e. The zero-order valence-corrected chi connectivity index (χ0v) is 16.4. The maximum atomic E-state index is 13.5. The molecular formula is C23H19N5O2. The van der Waals surface area contributed by atoms with Crippen LogP contribution >= 0.6 is 0 Å². The fraction of sp³-hybridized carbons (Fsp3) is 0.130. The SMILES string of the molecule is CCc1nc2cccc(C#Cc3cnn(CC(N)=O)c3)c2c(=O)n1-c1ccccc1. The summed E-state index contributed by atoms with van der Waals surface area (Å²) in [5.41, 5.74) is 7.61. The molecule has 2 aromatic heterocycles. The molecule has 0 saturated carbocycles. The van der Waals surface area contributed by atoms with E-state index in [0.717, 1.165) is 5.69 Å². The van der Waals surface area contributed by atoms with Gasteiger partial charge in [0.05, 0.1) is 28.4 Å². The molecule has 0 radical (unpaired) electrons. The van der Waals surface area contributed by atoms with Gasteiger partial charge < -0.3 is 5.73 Å². The Hall–Kier alpha value is -4.18. The van der Waals surface area contributed by atoms with Gasteiger partial charge in [-0.05, 0) is 24.3 Å². The van der Waals surface area contributed by atoms with Gasteiger partial charge in [0.25, 0.3) is 5.56 Å². The second-order valence-electron chi connectivity index (χ2n) is 6.70. The van der Waals surface area contributed by atoms with E-state index in [2.05, 4.69) is 16.9 Å². The van der Waals surface area contributed by atoms with Crippen LogP contribution in [0.4, 0.5) is 0 Å². The molecular weight excluding hydrogens is 378 g/mol. The van der Waals surface area contributed by atoms with E-state index in [1.165, 1.54) is 4.68 Å². The number of carbonyl (C=O) groups excluding carboxylic acids is 1. The van der Waals surface area contributed by atoms with Crippen molar-refractivity contribution >= 4 is 16.8 Å². The van der Waals surface area contributed by atoms with Crippen LogP contribution in [0.3, 0.4) is 0 Å². The predicted octanol–water partition coefficient (Wildman–Crippen LogP) is 2.03. The highest BCUT2D eigenvalue weighted by Gasteiger charge is 2.13. The molecule has 0 fully saturated rings. The normalized spacial score (nSPS) is 10.6. The van der Waals surface area contributed by atoms with Crippen molar-refractivity contribution in [1.29, 1.82) is 0 Å². The minimum atomic E-state index is -0.481. The number of benzene rings is 2. The molecule has 0 saturated heterocycles. The fourth-order valence-corrected chi connectivity index (χ4v) is 3.27. The van der Waals surface area contributed by atoms with Crippen LogP contribution in [0.5, 0.6) is 0 Å². The topological polar surface area (TPSA) is 95.8 Å². The van der Waals surface area contributed by atoms with Crippen LogP contribution in [0.1, 0.15) is 23.9 Å². The van der Waals surface area contributed by atoms with Crippen LogP contribution in [0, 0.1) is 11.8 Å². The van der Waals surface area contributed by atoms with Gasteiger partial charge in [-0.3, -0.25) is 18.8 Å². The van der Waals surface area contributed by atoms with Crippen molar-refractivity contribution in [2.75, 3.05) is 0 Å². The van der Waals surface area contributed by atoms with Crippen molar-refractivity contribution in [1.82, 2.24) is 19.3 Å². The van der Waals surface area contributed by atoms with Crippen LogP contribution in [0.2, 0.25) is 0 Å². The van der Waals surface area contributed by atoms with Gasteiger partial charge >= 0.3 is 0 Å². The summed E-state index contributed by atoms with van der Waals surface area (Å²) >= 11 is 0. The number of aromatic nitrogens is 4. The van der Waals surface area contributed by atoms with Gasteiger partial charge in [-0.1, -0.05) is 43.0 Å². The second-order valence-corrected chi connectivity index (χ2v) is 6.70. The van der Waals surface area contributed by atoms with Crippen molar-refractivity contribution in [3.05, 3.63) is 88.2 Å². The van der Waals surface area contributed by atoms with Gasteiger partial charge in [-0.2, -0.15) is 5.10 Å². The van der Waals surface area contributed by atoms with Crippen molar-refractivity contribution in [2.45, 2.75) is 19.9 Å². The lowest BCUT2D eigenvalue weighted by Crippen LogP contribution is -2.24. The molecule has 2 aromatic carbocycles. The number of rotatable bonds is 4. The number of nitrogens with two attached hydrogens (primary N) is 1. The third-order valence-electron chi connectivity index (χ3n) is 4.59. The monoisotopic (exact) mass is 397 g/mol.